The second-order valence-corrected chi connectivity index (χ2v) is 4.97. The first-order chi connectivity index (χ1) is 9.63. The highest BCUT2D eigenvalue weighted by atomic mass is 35.5. The van der Waals surface area contributed by atoms with E-state index in [0.717, 1.165) is 23.0 Å². The smallest absolute Gasteiger partial charge is 0.233 e. The van der Waals surface area contributed by atoms with Crippen molar-refractivity contribution >= 4 is 28.4 Å². The average molecular weight is 292 g/mol. The molecule has 2 aromatic rings. The van der Waals surface area contributed by atoms with E-state index in [2.05, 4.69) is 10.3 Å². The molecule has 0 saturated carbocycles. The summed E-state index contributed by atoms with van der Waals surface area (Å²) in [6, 6.07) is 9.90. The van der Waals surface area contributed by atoms with Gasteiger partial charge in [-0.15, -0.1) is 0 Å². The van der Waals surface area contributed by atoms with Crippen LogP contribution in [-0.2, 0) is 11.3 Å². The number of carbonyl (C=O) groups excluding carboxylic acids is 1. The van der Waals surface area contributed by atoms with Crippen molar-refractivity contribution in [3.8, 4) is 0 Å². The number of nitrogens with one attached hydrogen (secondary N) is 1. The Morgan fingerprint density at radius 1 is 1.40 bits per heavy atom. The Labute approximate surface area is 123 Å². The molecule has 0 radical (unpaired) electrons. The van der Waals surface area contributed by atoms with Gasteiger partial charge in [0.1, 0.15) is 5.15 Å². The average Bonchev–Trinajstić information content (AvgIpc) is 2.46. The molecule has 0 atom stereocenters. The first-order valence-electron chi connectivity index (χ1n) is 6.61. The fourth-order valence-corrected chi connectivity index (χ4v) is 2.26. The molecular formula is C15H18ClN3O. The van der Waals surface area contributed by atoms with Crippen LogP contribution >= 0.6 is 11.6 Å². The van der Waals surface area contributed by atoms with E-state index in [1.54, 1.807) is 7.05 Å². The van der Waals surface area contributed by atoms with Gasteiger partial charge in [-0.2, -0.15) is 0 Å². The third kappa shape index (κ3) is 3.46. The van der Waals surface area contributed by atoms with Gasteiger partial charge < -0.3 is 5.32 Å². The number of nitrogens with zero attached hydrogens (tertiary/aromatic N) is 2. The summed E-state index contributed by atoms with van der Waals surface area (Å²) in [6.07, 6.45) is 0. The Morgan fingerprint density at radius 2 is 2.15 bits per heavy atom. The van der Waals surface area contributed by atoms with Crippen LogP contribution in [0.5, 0.6) is 0 Å². The predicted octanol–water partition coefficient (Wildman–Crippen LogP) is 2.46. The molecule has 0 bridgehead atoms. The van der Waals surface area contributed by atoms with Crippen LogP contribution in [0.4, 0.5) is 0 Å². The molecule has 0 aliphatic carbocycles. The zero-order valence-electron chi connectivity index (χ0n) is 11.7. The molecule has 20 heavy (non-hydrogen) atoms. The summed E-state index contributed by atoms with van der Waals surface area (Å²) in [5.74, 6) is -0.00304. The second kappa shape index (κ2) is 6.68. The van der Waals surface area contributed by atoms with E-state index in [1.807, 2.05) is 42.2 Å². The highest BCUT2D eigenvalue weighted by molar-refractivity contribution is 6.30. The van der Waals surface area contributed by atoms with Gasteiger partial charge in [-0.05, 0) is 18.7 Å². The van der Waals surface area contributed by atoms with E-state index in [0.29, 0.717) is 18.2 Å². The van der Waals surface area contributed by atoms with Gasteiger partial charge in [0.05, 0.1) is 12.1 Å². The lowest BCUT2D eigenvalue weighted by Crippen LogP contribution is -2.35. The number of benzene rings is 1. The Morgan fingerprint density at radius 3 is 2.85 bits per heavy atom. The third-order valence-corrected chi connectivity index (χ3v) is 3.56. The minimum absolute atomic E-state index is 0.00304. The highest BCUT2D eigenvalue weighted by Crippen LogP contribution is 2.21. The number of pyridine rings is 1. The molecule has 0 spiro atoms. The zero-order valence-corrected chi connectivity index (χ0v) is 12.4. The van der Waals surface area contributed by atoms with E-state index < -0.39 is 0 Å². The zero-order chi connectivity index (χ0) is 14.5. The van der Waals surface area contributed by atoms with Crippen molar-refractivity contribution < 1.29 is 4.79 Å². The molecule has 0 aliphatic heterocycles. The van der Waals surface area contributed by atoms with Crippen LogP contribution < -0.4 is 5.32 Å². The van der Waals surface area contributed by atoms with Gasteiger partial charge in [-0.25, -0.2) is 4.98 Å². The Bertz CT molecular complexity index is 615. The Hall–Kier alpha value is -1.65. The van der Waals surface area contributed by atoms with Crippen molar-refractivity contribution in [3.63, 3.8) is 0 Å². The van der Waals surface area contributed by atoms with Crippen molar-refractivity contribution in [2.45, 2.75) is 13.5 Å². The molecule has 1 aromatic carbocycles. The summed E-state index contributed by atoms with van der Waals surface area (Å²) < 4.78 is 0. The van der Waals surface area contributed by atoms with Gasteiger partial charge >= 0.3 is 0 Å². The minimum Gasteiger partial charge on any atom is -0.358 e. The number of carbonyl (C=O) groups is 1. The second-order valence-electron chi connectivity index (χ2n) is 4.61. The molecule has 1 amide bonds. The Kier molecular flexibility index (Phi) is 4.93. The summed E-state index contributed by atoms with van der Waals surface area (Å²) in [7, 11) is 1.64. The van der Waals surface area contributed by atoms with Gasteiger partial charge in [0.15, 0.2) is 0 Å². The highest BCUT2D eigenvalue weighted by Gasteiger charge is 2.12. The summed E-state index contributed by atoms with van der Waals surface area (Å²) in [4.78, 5) is 17.9. The molecule has 2 rings (SSSR count). The normalized spacial score (nSPS) is 11.0. The summed E-state index contributed by atoms with van der Waals surface area (Å²) in [6.45, 7) is 3.76. The topological polar surface area (TPSA) is 45.2 Å². The number of rotatable bonds is 5. The molecule has 5 heteroatoms. The van der Waals surface area contributed by atoms with Crippen molar-refractivity contribution in [2.24, 2.45) is 0 Å². The fraction of sp³-hybridized carbons (Fsp3) is 0.333. The largest absolute Gasteiger partial charge is 0.358 e. The molecule has 0 unspecified atom stereocenters. The standard InChI is InChI=1S/C15H18ClN3O/c1-3-19(10-14(20)17-2)9-12-8-11-6-4-5-7-13(11)18-15(12)16/h4-8H,3,9-10H2,1-2H3,(H,17,20). The van der Waals surface area contributed by atoms with E-state index in [-0.39, 0.29) is 5.91 Å². The maximum atomic E-state index is 11.5. The summed E-state index contributed by atoms with van der Waals surface area (Å²) >= 11 is 6.24. The maximum absolute atomic E-state index is 11.5. The lowest BCUT2D eigenvalue weighted by molar-refractivity contribution is -0.121. The van der Waals surface area contributed by atoms with E-state index in [4.69, 9.17) is 11.6 Å². The van der Waals surface area contributed by atoms with Crippen LogP contribution in [0.15, 0.2) is 30.3 Å². The van der Waals surface area contributed by atoms with Crippen molar-refractivity contribution in [3.05, 3.63) is 41.0 Å². The molecule has 1 aromatic heterocycles. The molecule has 1 N–H and O–H groups in total. The number of hydrogen-bond acceptors (Lipinski definition) is 3. The number of aromatic nitrogens is 1. The molecular weight excluding hydrogens is 274 g/mol. The van der Waals surface area contributed by atoms with Crippen LogP contribution in [0.3, 0.4) is 0 Å². The summed E-state index contributed by atoms with van der Waals surface area (Å²) in [5, 5.41) is 4.19. The molecule has 4 nitrogen and oxygen atoms in total. The predicted molar refractivity (Wildman–Crippen MR) is 81.8 cm³/mol. The number of fused-ring (bicyclic) bond motifs is 1. The lowest BCUT2D eigenvalue weighted by Gasteiger charge is -2.20. The Balaban J connectivity index is 2.23. The van der Waals surface area contributed by atoms with Crippen LogP contribution in [0.1, 0.15) is 12.5 Å². The monoisotopic (exact) mass is 291 g/mol. The van der Waals surface area contributed by atoms with Crippen LogP contribution in [0, 0.1) is 0 Å². The number of likely N-dealkylation sites (N-methyl/N-ethyl adjacent to an activating group) is 2. The number of amides is 1. The fourth-order valence-electron chi connectivity index (χ4n) is 2.05. The van der Waals surface area contributed by atoms with Crippen molar-refractivity contribution in [2.75, 3.05) is 20.1 Å². The first-order valence-corrected chi connectivity index (χ1v) is 6.99. The van der Waals surface area contributed by atoms with Crippen molar-refractivity contribution in [1.82, 2.24) is 15.2 Å². The summed E-state index contributed by atoms with van der Waals surface area (Å²) in [5.41, 5.74) is 1.83. The van der Waals surface area contributed by atoms with E-state index in [9.17, 15) is 4.79 Å². The van der Waals surface area contributed by atoms with E-state index in [1.165, 1.54) is 0 Å². The SMILES string of the molecule is CCN(CC(=O)NC)Cc1cc2ccccc2nc1Cl. The quantitative estimate of drug-likeness (QED) is 0.861. The van der Waals surface area contributed by atoms with Crippen LogP contribution in [0.2, 0.25) is 5.15 Å². The van der Waals surface area contributed by atoms with Gasteiger partial charge in [0.2, 0.25) is 5.91 Å². The lowest BCUT2D eigenvalue weighted by atomic mass is 10.1. The molecule has 0 aliphatic rings. The molecule has 106 valence electrons. The first kappa shape index (κ1) is 14.8. The molecule has 1 heterocycles. The van der Waals surface area contributed by atoms with Crippen LogP contribution in [0.25, 0.3) is 10.9 Å². The van der Waals surface area contributed by atoms with Gasteiger partial charge in [0.25, 0.3) is 0 Å². The number of para-hydroxylation sites is 1. The van der Waals surface area contributed by atoms with Gasteiger partial charge in [0, 0.05) is 24.5 Å². The van der Waals surface area contributed by atoms with Gasteiger partial charge in [-0.1, -0.05) is 36.7 Å². The van der Waals surface area contributed by atoms with Gasteiger partial charge in [-0.3, -0.25) is 9.69 Å². The number of hydrogen-bond donors (Lipinski definition) is 1. The van der Waals surface area contributed by atoms with E-state index >= 15 is 0 Å². The molecule has 0 fully saturated rings. The molecule has 0 saturated heterocycles. The van der Waals surface area contributed by atoms with Crippen molar-refractivity contribution in [1.29, 1.82) is 0 Å². The number of halogens is 1. The maximum Gasteiger partial charge on any atom is 0.233 e. The third-order valence-electron chi connectivity index (χ3n) is 3.24. The minimum atomic E-state index is -0.00304. The van der Waals surface area contributed by atoms with Crippen LogP contribution in [-0.4, -0.2) is 35.9 Å².